The Morgan fingerprint density at radius 2 is 1.39 bits per heavy atom. The van der Waals surface area contributed by atoms with Crippen molar-refractivity contribution in [2.45, 2.75) is 6.54 Å². The normalized spacial score (nSPS) is 10.3. The lowest BCUT2D eigenvalue weighted by atomic mass is 10.0. The lowest BCUT2D eigenvalue weighted by molar-refractivity contribution is 0.103. The lowest BCUT2D eigenvalue weighted by Crippen LogP contribution is -2.02. The maximum absolute atomic E-state index is 12.3. The van der Waals surface area contributed by atoms with Crippen LogP contribution in [0.15, 0.2) is 78.9 Å². The number of hydrogen-bond acceptors (Lipinski definition) is 3. The van der Waals surface area contributed by atoms with E-state index < -0.39 is 0 Å². The van der Waals surface area contributed by atoms with Gasteiger partial charge in [-0.1, -0.05) is 48.5 Å². The number of benzene rings is 3. The van der Waals surface area contributed by atoms with Crippen molar-refractivity contribution in [2.75, 3.05) is 5.32 Å². The first kappa shape index (κ1) is 14.9. The van der Waals surface area contributed by atoms with Crippen molar-refractivity contribution in [1.82, 2.24) is 0 Å². The maximum atomic E-state index is 12.3. The number of aromatic hydroxyl groups is 1. The third-order valence-electron chi connectivity index (χ3n) is 3.66. The van der Waals surface area contributed by atoms with Gasteiger partial charge >= 0.3 is 0 Å². The highest BCUT2D eigenvalue weighted by Gasteiger charge is 2.08. The van der Waals surface area contributed by atoms with E-state index in [2.05, 4.69) is 5.32 Å². The summed E-state index contributed by atoms with van der Waals surface area (Å²) < 4.78 is 0. The van der Waals surface area contributed by atoms with Gasteiger partial charge in [-0.25, -0.2) is 0 Å². The minimum atomic E-state index is 0.0119. The minimum Gasteiger partial charge on any atom is -0.508 e. The fourth-order valence-corrected chi connectivity index (χ4v) is 2.35. The number of carbonyl (C=O) groups is 1. The van der Waals surface area contributed by atoms with Gasteiger partial charge in [0.1, 0.15) is 5.75 Å². The van der Waals surface area contributed by atoms with Gasteiger partial charge in [-0.05, 0) is 30.3 Å². The molecule has 0 aromatic heterocycles. The fourth-order valence-electron chi connectivity index (χ4n) is 2.35. The number of anilines is 1. The highest BCUT2D eigenvalue weighted by atomic mass is 16.3. The predicted octanol–water partition coefficient (Wildman–Crippen LogP) is 4.24. The number of para-hydroxylation sites is 1. The first-order chi connectivity index (χ1) is 11.2. The molecule has 0 radical (unpaired) electrons. The summed E-state index contributed by atoms with van der Waals surface area (Å²) in [5.41, 5.74) is 3.07. The van der Waals surface area contributed by atoms with Gasteiger partial charge in [-0.2, -0.15) is 0 Å². The minimum absolute atomic E-state index is 0.0119. The van der Waals surface area contributed by atoms with E-state index in [1.54, 1.807) is 12.1 Å². The fraction of sp³-hybridized carbons (Fsp3) is 0.0500. The number of rotatable bonds is 5. The summed E-state index contributed by atoms with van der Waals surface area (Å²) in [4.78, 5) is 12.3. The second kappa shape index (κ2) is 6.79. The average Bonchev–Trinajstić information content (AvgIpc) is 2.62. The van der Waals surface area contributed by atoms with Crippen LogP contribution < -0.4 is 5.32 Å². The van der Waals surface area contributed by atoms with Crippen LogP contribution in [0.1, 0.15) is 21.5 Å². The standard InChI is InChI=1S/C20H17NO2/c22-19-9-5-4-8-17(19)14-21-18-12-10-16(11-13-18)20(23)15-6-2-1-3-7-15/h1-13,21-22H,14H2. The number of phenols is 1. The molecule has 0 aliphatic heterocycles. The first-order valence-electron chi connectivity index (χ1n) is 7.44. The van der Waals surface area contributed by atoms with Gasteiger partial charge in [0.2, 0.25) is 0 Å². The summed E-state index contributed by atoms with van der Waals surface area (Å²) in [6.07, 6.45) is 0. The molecule has 0 unspecified atom stereocenters. The van der Waals surface area contributed by atoms with Crippen LogP contribution in [0.4, 0.5) is 5.69 Å². The molecule has 0 amide bonds. The topological polar surface area (TPSA) is 49.3 Å². The van der Waals surface area contributed by atoms with Gasteiger partial charge in [-0.3, -0.25) is 4.79 Å². The summed E-state index contributed by atoms with van der Waals surface area (Å²) in [5, 5.41) is 13.0. The summed E-state index contributed by atoms with van der Waals surface area (Å²) in [7, 11) is 0. The molecule has 0 spiro atoms. The molecule has 3 aromatic carbocycles. The number of carbonyl (C=O) groups excluding carboxylic acids is 1. The number of hydrogen-bond donors (Lipinski definition) is 2. The smallest absolute Gasteiger partial charge is 0.193 e. The zero-order valence-corrected chi connectivity index (χ0v) is 12.6. The Labute approximate surface area is 135 Å². The molecule has 0 aliphatic carbocycles. The molecule has 0 saturated heterocycles. The van der Waals surface area contributed by atoms with E-state index in [4.69, 9.17) is 0 Å². The second-order valence-electron chi connectivity index (χ2n) is 5.25. The molecule has 2 N–H and O–H groups in total. The van der Waals surface area contributed by atoms with Crippen molar-refractivity contribution >= 4 is 11.5 Å². The van der Waals surface area contributed by atoms with Crippen LogP contribution in [0, 0.1) is 0 Å². The molecule has 0 bridgehead atoms. The summed E-state index contributed by atoms with van der Waals surface area (Å²) in [6.45, 7) is 0.526. The van der Waals surface area contributed by atoms with E-state index >= 15 is 0 Å². The number of nitrogens with one attached hydrogen (secondary N) is 1. The Balaban J connectivity index is 1.68. The van der Waals surface area contributed by atoms with Crippen LogP contribution in [-0.4, -0.2) is 10.9 Å². The highest BCUT2D eigenvalue weighted by Crippen LogP contribution is 2.18. The van der Waals surface area contributed by atoms with Crippen molar-refractivity contribution in [1.29, 1.82) is 0 Å². The van der Waals surface area contributed by atoms with Crippen LogP contribution in [0.25, 0.3) is 0 Å². The quantitative estimate of drug-likeness (QED) is 0.693. The molecule has 23 heavy (non-hydrogen) atoms. The monoisotopic (exact) mass is 303 g/mol. The molecule has 0 aliphatic rings. The van der Waals surface area contributed by atoms with E-state index in [0.717, 1.165) is 11.3 Å². The van der Waals surface area contributed by atoms with Gasteiger partial charge in [0.25, 0.3) is 0 Å². The Morgan fingerprint density at radius 3 is 2.09 bits per heavy atom. The summed E-state index contributed by atoms with van der Waals surface area (Å²) >= 11 is 0. The number of ketones is 1. The van der Waals surface area contributed by atoms with Crippen LogP contribution in [0.3, 0.4) is 0 Å². The van der Waals surface area contributed by atoms with Crippen molar-refractivity contribution in [3.05, 3.63) is 95.6 Å². The SMILES string of the molecule is O=C(c1ccccc1)c1ccc(NCc2ccccc2O)cc1. The van der Waals surface area contributed by atoms with Gasteiger partial charge in [-0.15, -0.1) is 0 Å². The molecule has 0 fully saturated rings. The van der Waals surface area contributed by atoms with E-state index in [9.17, 15) is 9.90 Å². The molecular weight excluding hydrogens is 286 g/mol. The van der Waals surface area contributed by atoms with E-state index in [1.807, 2.05) is 66.7 Å². The molecule has 3 nitrogen and oxygen atoms in total. The van der Waals surface area contributed by atoms with Crippen molar-refractivity contribution in [3.8, 4) is 5.75 Å². The van der Waals surface area contributed by atoms with Crippen LogP contribution in [-0.2, 0) is 6.54 Å². The third kappa shape index (κ3) is 3.58. The van der Waals surface area contributed by atoms with Crippen LogP contribution in [0.2, 0.25) is 0 Å². The van der Waals surface area contributed by atoms with E-state index in [-0.39, 0.29) is 11.5 Å². The molecular formula is C20H17NO2. The Morgan fingerprint density at radius 1 is 0.783 bits per heavy atom. The third-order valence-corrected chi connectivity index (χ3v) is 3.66. The average molecular weight is 303 g/mol. The molecule has 0 heterocycles. The lowest BCUT2D eigenvalue weighted by Gasteiger charge is -2.09. The van der Waals surface area contributed by atoms with E-state index in [0.29, 0.717) is 17.7 Å². The summed E-state index contributed by atoms with van der Waals surface area (Å²) in [5.74, 6) is 0.286. The maximum Gasteiger partial charge on any atom is 0.193 e. The highest BCUT2D eigenvalue weighted by molar-refractivity contribution is 6.09. The molecule has 3 heteroatoms. The van der Waals surface area contributed by atoms with Crippen molar-refractivity contribution in [2.24, 2.45) is 0 Å². The van der Waals surface area contributed by atoms with Crippen molar-refractivity contribution < 1.29 is 9.90 Å². The van der Waals surface area contributed by atoms with Crippen LogP contribution >= 0.6 is 0 Å². The molecule has 0 atom stereocenters. The zero-order chi connectivity index (χ0) is 16.1. The summed E-state index contributed by atoms with van der Waals surface area (Å²) in [6, 6.07) is 23.8. The Kier molecular flexibility index (Phi) is 4.39. The van der Waals surface area contributed by atoms with Crippen molar-refractivity contribution in [3.63, 3.8) is 0 Å². The molecule has 0 saturated carbocycles. The van der Waals surface area contributed by atoms with Gasteiger partial charge in [0, 0.05) is 28.9 Å². The van der Waals surface area contributed by atoms with E-state index in [1.165, 1.54) is 0 Å². The van der Waals surface area contributed by atoms with Gasteiger partial charge in [0.05, 0.1) is 0 Å². The predicted molar refractivity (Wildman–Crippen MR) is 91.8 cm³/mol. The largest absolute Gasteiger partial charge is 0.508 e. The Bertz CT molecular complexity index is 795. The van der Waals surface area contributed by atoms with Gasteiger partial charge < -0.3 is 10.4 Å². The number of phenolic OH excluding ortho intramolecular Hbond substituents is 1. The van der Waals surface area contributed by atoms with Gasteiger partial charge in [0.15, 0.2) is 5.78 Å². The molecule has 3 aromatic rings. The first-order valence-corrected chi connectivity index (χ1v) is 7.44. The van der Waals surface area contributed by atoms with Crippen LogP contribution in [0.5, 0.6) is 5.75 Å². The molecule has 3 rings (SSSR count). The molecule has 114 valence electrons. The zero-order valence-electron chi connectivity index (χ0n) is 12.6. The second-order valence-corrected chi connectivity index (χ2v) is 5.25. The Hall–Kier alpha value is -3.07.